The Labute approximate surface area is 142 Å². The summed E-state index contributed by atoms with van der Waals surface area (Å²) in [5.41, 5.74) is 1.67. The highest BCUT2D eigenvalue weighted by molar-refractivity contribution is 5.99. The highest BCUT2D eigenvalue weighted by Crippen LogP contribution is 2.55. The van der Waals surface area contributed by atoms with E-state index in [2.05, 4.69) is 15.6 Å². The molecule has 4 saturated carbocycles. The van der Waals surface area contributed by atoms with E-state index in [-0.39, 0.29) is 11.6 Å². The van der Waals surface area contributed by atoms with E-state index in [0.29, 0.717) is 0 Å². The number of pyridine rings is 1. The van der Waals surface area contributed by atoms with Crippen LogP contribution in [0.25, 0.3) is 10.9 Å². The third-order valence-corrected chi connectivity index (χ3v) is 6.30. The predicted octanol–water partition coefficient (Wildman–Crippen LogP) is 4.33. The first-order valence-electron chi connectivity index (χ1n) is 9.12. The summed E-state index contributed by atoms with van der Waals surface area (Å²) in [4.78, 5) is 17.1. The van der Waals surface area contributed by atoms with Crippen LogP contribution in [0.4, 0.5) is 10.5 Å². The summed E-state index contributed by atoms with van der Waals surface area (Å²) in [6, 6.07) is 9.77. The highest BCUT2D eigenvalue weighted by Gasteiger charge is 2.51. The van der Waals surface area contributed by atoms with Crippen molar-refractivity contribution < 1.29 is 4.79 Å². The van der Waals surface area contributed by atoms with Crippen molar-refractivity contribution in [3.8, 4) is 0 Å². The topological polar surface area (TPSA) is 54.0 Å². The first kappa shape index (κ1) is 14.3. The SMILES string of the molecule is O=C(Nc1cccc2cccnc12)NC12CC3CC(CC(C3)C1)C2. The molecule has 2 amide bonds. The Kier molecular flexibility index (Phi) is 3.09. The highest BCUT2D eigenvalue weighted by atomic mass is 16.2. The molecule has 4 aliphatic carbocycles. The van der Waals surface area contributed by atoms with Crippen molar-refractivity contribution in [2.75, 3.05) is 5.32 Å². The van der Waals surface area contributed by atoms with Gasteiger partial charge in [-0.05, 0) is 68.4 Å². The van der Waals surface area contributed by atoms with Crippen molar-refractivity contribution in [1.29, 1.82) is 0 Å². The normalized spacial score (nSPS) is 33.6. The lowest BCUT2D eigenvalue weighted by Gasteiger charge is -2.56. The molecule has 4 aliphatic rings. The molecule has 0 radical (unpaired) electrons. The number of carbonyl (C=O) groups excluding carboxylic acids is 1. The number of nitrogens with zero attached hydrogens (tertiary/aromatic N) is 1. The van der Waals surface area contributed by atoms with Crippen LogP contribution in [0.2, 0.25) is 0 Å². The van der Waals surface area contributed by atoms with Gasteiger partial charge in [-0.2, -0.15) is 0 Å². The van der Waals surface area contributed by atoms with Crippen LogP contribution < -0.4 is 10.6 Å². The summed E-state index contributed by atoms with van der Waals surface area (Å²) >= 11 is 0. The molecule has 4 heteroatoms. The van der Waals surface area contributed by atoms with Gasteiger partial charge in [0.1, 0.15) is 0 Å². The molecule has 2 N–H and O–H groups in total. The van der Waals surface area contributed by atoms with Crippen LogP contribution in [-0.2, 0) is 0 Å². The maximum Gasteiger partial charge on any atom is 0.319 e. The summed E-state index contributed by atoms with van der Waals surface area (Å²) in [6.07, 6.45) is 9.42. The molecule has 0 atom stereocenters. The van der Waals surface area contributed by atoms with Gasteiger partial charge < -0.3 is 10.6 Å². The number of fused-ring (bicyclic) bond motifs is 1. The zero-order valence-corrected chi connectivity index (χ0v) is 13.8. The predicted molar refractivity (Wildman–Crippen MR) is 94.8 cm³/mol. The number of carbonyl (C=O) groups is 1. The minimum atomic E-state index is -0.0740. The average Bonchev–Trinajstić information content (AvgIpc) is 2.53. The fraction of sp³-hybridized carbons (Fsp3) is 0.500. The number of nitrogens with one attached hydrogen (secondary N) is 2. The van der Waals surface area contributed by atoms with Crippen molar-refractivity contribution >= 4 is 22.6 Å². The van der Waals surface area contributed by atoms with Crippen LogP contribution >= 0.6 is 0 Å². The number of hydrogen-bond acceptors (Lipinski definition) is 2. The first-order chi connectivity index (χ1) is 11.7. The van der Waals surface area contributed by atoms with E-state index in [1.54, 1.807) is 6.20 Å². The minimum absolute atomic E-state index is 0.0385. The molecule has 1 heterocycles. The van der Waals surface area contributed by atoms with Crippen molar-refractivity contribution in [2.24, 2.45) is 17.8 Å². The molecular weight excluding hydrogens is 298 g/mol. The molecule has 4 fully saturated rings. The molecule has 4 nitrogen and oxygen atoms in total. The molecular formula is C20H23N3O. The fourth-order valence-electron chi connectivity index (χ4n) is 5.86. The van der Waals surface area contributed by atoms with E-state index in [1.807, 2.05) is 30.3 Å². The van der Waals surface area contributed by atoms with Crippen molar-refractivity contribution in [1.82, 2.24) is 10.3 Å². The number of benzene rings is 1. The van der Waals surface area contributed by atoms with Gasteiger partial charge in [0.15, 0.2) is 0 Å². The molecule has 0 unspecified atom stereocenters. The third kappa shape index (κ3) is 2.36. The van der Waals surface area contributed by atoms with Gasteiger partial charge in [0.25, 0.3) is 0 Å². The maximum absolute atomic E-state index is 12.7. The Morgan fingerprint density at radius 2 is 1.67 bits per heavy atom. The third-order valence-electron chi connectivity index (χ3n) is 6.30. The van der Waals surface area contributed by atoms with E-state index in [9.17, 15) is 4.79 Å². The Morgan fingerprint density at radius 1 is 1.00 bits per heavy atom. The molecule has 24 heavy (non-hydrogen) atoms. The number of urea groups is 1. The molecule has 0 spiro atoms. The van der Waals surface area contributed by atoms with Crippen LogP contribution in [-0.4, -0.2) is 16.6 Å². The second-order valence-corrected chi connectivity index (χ2v) is 8.16. The van der Waals surface area contributed by atoms with Gasteiger partial charge >= 0.3 is 6.03 Å². The van der Waals surface area contributed by atoms with Crippen LogP contribution in [0.5, 0.6) is 0 Å². The van der Waals surface area contributed by atoms with E-state index in [1.165, 1.54) is 38.5 Å². The number of aromatic nitrogens is 1. The van der Waals surface area contributed by atoms with E-state index < -0.39 is 0 Å². The smallest absolute Gasteiger partial charge is 0.319 e. The van der Waals surface area contributed by atoms with Gasteiger partial charge in [0.05, 0.1) is 11.2 Å². The van der Waals surface area contributed by atoms with Gasteiger partial charge in [-0.25, -0.2) is 4.79 Å². The minimum Gasteiger partial charge on any atom is -0.332 e. The van der Waals surface area contributed by atoms with Crippen molar-refractivity contribution in [2.45, 2.75) is 44.1 Å². The standard InChI is InChI=1S/C20H23N3O/c24-19(22-17-5-1-3-16-4-2-6-21-18(16)17)23-20-10-13-7-14(11-20)9-15(8-13)12-20/h1-6,13-15H,7-12H2,(H2,22,23,24). The Morgan fingerprint density at radius 3 is 2.38 bits per heavy atom. The molecule has 6 rings (SSSR count). The summed E-state index contributed by atoms with van der Waals surface area (Å²) in [5.74, 6) is 2.49. The van der Waals surface area contributed by atoms with Crippen LogP contribution in [0.3, 0.4) is 0 Å². The summed E-state index contributed by atoms with van der Waals surface area (Å²) in [5, 5.41) is 7.45. The second-order valence-electron chi connectivity index (χ2n) is 8.16. The van der Waals surface area contributed by atoms with Gasteiger partial charge in [0.2, 0.25) is 0 Å². The van der Waals surface area contributed by atoms with Gasteiger partial charge in [-0.3, -0.25) is 4.98 Å². The maximum atomic E-state index is 12.7. The molecule has 4 bridgehead atoms. The van der Waals surface area contributed by atoms with Crippen LogP contribution in [0.1, 0.15) is 38.5 Å². The quantitative estimate of drug-likeness (QED) is 0.865. The van der Waals surface area contributed by atoms with E-state index >= 15 is 0 Å². The Bertz CT molecular complexity index is 760. The van der Waals surface area contributed by atoms with E-state index in [0.717, 1.165) is 34.3 Å². The number of rotatable bonds is 2. The lowest BCUT2D eigenvalue weighted by Crippen LogP contribution is -2.60. The lowest BCUT2D eigenvalue weighted by atomic mass is 9.53. The molecule has 124 valence electrons. The Balaban J connectivity index is 1.36. The number of para-hydroxylation sites is 1. The number of amides is 2. The van der Waals surface area contributed by atoms with Crippen LogP contribution in [0, 0.1) is 17.8 Å². The number of hydrogen-bond donors (Lipinski definition) is 2. The second kappa shape index (κ2) is 5.20. The molecule has 0 aliphatic heterocycles. The zero-order valence-electron chi connectivity index (χ0n) is 13.8. The van der Waals surface area contributed by atoms with E-state index in [4.69, 9.17) is 0 Å². The molecule has 2 aromatic rings. The van der Waals surface area contributed by atoms with Crippen LogP contribution in [0.15, 0.2) is 36.5 Å². The lowest BCUT2D eigenvalue weighted by molar-refractivity contribution is -0.0127. The van der Waals surface area contributed by atoms with Crippen molar-refractivity contribution in [3.63, 3.8) is 0 Å². The first-order valence-corrected chi connectivity index (χ1v) is 9.12. The average molecular weight is 321 g/mol. The molecule has 0 saturated heterocycles. The van der Waals surface area contributed by atoms with Gasteiger partial charge in [0, 0.05) is 17.1 Å². The number of anilines is 1. The van der Waals surface area contributed by atoms with Gasteiger partial charge in [-0.15, -0.1) is 0 Å². The Hall–Kier alpha value is -2.10. The fourth-order valence-corrected chi connectivity index (χ4v) is 5.86. The molecule has 1 aromatic heterocycles. The summed E-state index contributed by atoms with van der Waals surface area (Å²) in [6.45, 7) is 0. The largest absolute Gasteiger partial charge is 0.332 e. The molecule has 1 aromatic carbocycles. The van der Waals surface area contributed by atoms with Crippen molar-refractivity contribution in [3.05, 3.63) is 36.5 Å². The van der Waals surface area contributed by atoms with Gasteiger partial charge in [-0.1, -0.05) is 18.2 Å². The zero-order chi connectivity index (χ0) is 16.1. The summed E-state index contributed by atoms with van der Waals surface area (Å²) in [7, 11) is 0. The summed E-state index contributed by atoms with van der Waals surface area (Å²) < 4.78 is 0. The monoisotopic (exact) mass is 321 g/mol.